The van der Waals surface area contributed by atoms with Crippen LogP contribution in [0.25, 0.3) is 0 Å². The van der Waals surface area contributed by atoms with Gasteiger partial charge in [0.15, 0.2) is 0 Å². The van der Waals surface area contributed by atoms with Gasteiger partial charge in [-0.05, 0) is 18.6 Å². The van der Waals surface area contributed by atoms with Crippen LogP contribution in [-0.4, -0.2) is 53.7 Å². The summed E-state index contributed by atoms with van der Waals surface area (Å²) in [5.74, 6) is -1.19. The lowest BCUT2D eigenvalue weighted by molar-refractivity contribution is -0.122. The van der Waals surface area contributed by atoms with Gasteiger partial charge < -0.3 is 19.5 Å². The Morgan fingerprint density at radius 1 is 1.41 bits per heavy atom. The first-order valence-corrected chi connectivity index (χ1v) is 8.84. The van der Waals surface area contributed by atoms with Crippen molar-refractivity contribution in [2.24, 2.45) is 0 Å². The maximum Gasteiger partial charge on any atom is 0.292 e. The smallest absolute Gasteiger partial charge is 0.292 e. The molecule has 27 heavy (non-hydrogen) atoms. The molecule has 2 saturated heterocycles. The first-order valence-electron chi connectivity index (χ1n) is 8.84. The minimum atomic E-state index is -0.888. The third-order valence-corrected chi connectivity index (χ3v) is 5.17. The van der Waals surface area contributed by atoms with Crippen LogP contribution in [0.2, 0.25) is 0 Å². The molecule has 1 N–H and O–H groups in total. The lowest BCUT2D eigenvalue weighted by Gasteiger charge is -2.34. The van der Waals surface area contributed by atoms with E-state index in [0.717, 1.165) is 0 Å². The van der Waals surface area contributed by atoms with Crippen LogP contribution in [0.4, 0.5) is 4.39 Å². The summed E-state index contributed by atoms with van der Waals surface area (Å²) in [6, 6.07) is 7.99. The molecule has 3 heterocycles. The molecule has 2 aromatic rings. The zero-order chi connectivity index (χ0) is 19.0. The van der Waals surface area contributed by atoms with Crippen molar-refractivity contribution in [2.45, 2.75) is 24.8 Å². The summed E-state index contributed by atoms with van der Waals surface area (Å²) in [6.45, 7) is 2.68. The highest BCUT2D eigenvalue weighted by Crippen LogP contribution is 2.39. The lowest BCUT2D eigenvalue weighted by Crippen LogP contribution is -2.55. The highest BCUT2D eigenvalue weighted by Gasteiger charge is 2.51. The van der Waals surface area contributed by atoms with Crippen molar-refractivity contribution < 1.29 is 23.2 Å². The topological polar surface area (TPSA) is 84.7 Å². The van der Waals surface area contributed by atoms with Gasteiger partial charge in [-0.1, -0.05) is 23.4 Å². The van der Waals surface area contributed by atoms with Gasteiger partial charge >= 0.3 is 0 Å². The molecule has 2 fully saturated rings. The van der Waals surface area contributed by atoms with Crippen molar-refractivity contribution in [3.63, 3.8) is 0 Å². The third kappa shape index (κ3) is 3.21. The van der Waals surface area contributed by atoms with E-state index in [0.29, 0.717) is 17.9 Å². The number of rotatable bonds is 2. The summed E-state index contributed by atoms with van der Waals surface area (Å²) in [7, 11) is 0. The Kier molecular flexibility index (Phi) is 4.43. The first-order chi connectivity index (χ1) is 13.0. The van der Waals surface area contributed by atoms with E-state index in [1.54, 1.807) is 36.1 Å². The number of halogens is 1. The predicted octanol–water partition coefficient (Wildman–Crippen LogP) is 1.64. The predicted molar refractivity (Wildman–Crippen MR) is 92.6 cm³/mol. The molecule has 0 bridgehead atoms. The number of amides is 2. The molecular weight excluding hydrogens is 353 g/mol. The number of aromatic nitrogens is 1. The van der Waals surface area contributed by atoms with Gasteiger partial charge in [-0.2, -0.15) is 0 Å². The molecule has 0 unspecified atom stereocenters. The maximum absolute atomic E-state index is 14.5. The van der Waals surface area contributed by atoms with E-state index in [9.17, 15) is 14.0 Å². The van der Waals surface area contributed by atoms with Crippen molar-refractivity contribution in [1.82, 2.24) is 15.4 Å². The molecule has 142 valence electrons. The molecular formula is C19H20FN3O4. The van der Waals surface area contributed by atoms with Gasteiger partial charge in [0.25, 0.3) is 5.91 Å². The second kappa shape index (κ2) is 6.77. The van der Waals surface area contributed by atoms with E-state index < -0.39 is 11.5 Å². The van der Waals surface area contributed by atoms with Crippen LogP contribution in [0.15, 0.2) is 34.9 Å². The zero-order valence-electron chi connectivity index (χ0n) is 14.9. The average molecular weight is 373 g/mol. The van der Waals surface area contributed by atoms with Crippen LogP contribution in [-0.2, 0) is 9.53 Å². The molecule has 0 aliphatic carbocycles. The highest BCUT2D eigenvalue weighted by atomic mass is 19.1. The van der Waals surface area contributed by atoms with Crippen LogP contribution in [0.5, 0.6) is 0 Å². The Morgan fingerprint density at radius 3 is 2.96 bits per heavy atom. The molecule has 1 aromatic heterocycles. The van der Waals surface area contributed by atoms with E-state index in [-0.39, 0.29) is 49.5 Å². The number of nitrogens with zero attached hydrogens (tertiary/aromatic N) is 2. The number of hydrogen-bond donors (Lipinski definition) is 1. The van der Waals surface area contributed by atoms with Crippen molar-refractivity contribution in [3.05, 3.63) is 53.2 Å². The average Bonchev–Trinajstić information content (AvgIpc) is 3.17. The molecule has 1 aromatic carbocycles. The third-order valence-electron chi connectivity index (χ3n) is 5.17. The lowest BCUT2D eigenvalue weighted by atomic mass is 9.82. The first kappa shape index (κ1) is 17.7. The van der Waals surface area contributed by atoms with Gasteiger partial charge in [0.2, 0.25) is 11.7 Å². The number of likely N-dealkylation sites (tertiary alicyclic amines) is 1. The minimum absolute atomic E-state index is 0.123. The second-order valence-corrected chi connectivity index (χ2v) is 7.10. The Morgan fingerprint density at radius 2 is 2.22 bits per heavy atom. The van der Waals surface area contributed by atoms with Crippen molar-refractivity contribution >= 4 is 11.8 Å². The molecule has 2 aliphatic rings. The number of ether oxygens (including phenoxy) is 1. The summed E-state index contributed by atoms with van der Waals surface area (Å²) in [5, 5.41) is 6.76. The van der Waals surface area contributed by atoms with Gasteiger partial charge in [-0.3, -0.25) is 9.59 Å². The van der Waals surface area contributed by atoms with Gasteiger partial charge in [-0.15, -0.1) is 0 Å². The van der Waals surface area contributed by atoms with Gasteiger partial charge in [-0.25, -0.2) is 4.39 Å². The molecule has 8 heteroatoms. The molecule has 2 atom stereocenters. The monoisotopic (exact) mass is 373 g/mol. The number of aryl methyl sites for hydroxylation is 1. The molecule has 2 amide bonds. The van der Waals surface area contributed by atoms with E-state index in [1.807, 2.05) is 0 Å². The molecule has 2 aliphatic heterocycles. The van der Waals surface area contributed by atoms with E-state index in [2.05, 4.69) is 10.5 Å². The van der Waals surface area contributed by atoms with Gasteiger partial charge in [0, 0.05) is 31.5 Å². The number of nitrogens with one attached hydrogen (secondary N) is 1. The number of hydrogen-bond acceptors (Lipinski definition) is 5. The fourth-order valence-corrected chi connectivity index (χ4v) is 3.91. The summed E-state index contributed by atoms with van der Waals surface area (Å²) < 4.78 is 25.3. The van der Waals surface area contributed by atoms with Crippen molar-refractivity contribution in [1.29, 1.82) is 0 Å². The number of benzene rings is 1. The quantitative estimate of drug-likeness (QED) is 0.865. The summed E-state index contributed by atoms with van der Waals surface area (Å²) >= 11 is 0. The van der Waals surface area contributed by atoms with E-state index in [1.165, 1.54) is 6.07 Å². The molecule has 1 spiro atoms. The second-order valence-electron chi connectivity index (χ2n) is 7.10. The normalized spacial score (nSPS) is 25.5. The largest absolute Gasteiger partial charge is 0.378 e. The summed E-state index contributed by atoms with van der Waals surface area (Å²) in [4.78, 5) is 26.7. The van der Waals surface area contributed by atoms with E-state index >= 15 is 0 Å². The van der Waals surface area contributed by atoms with Crippen LogP contribution < -0.4 is 5.32 Å². The number of carbonyl (C=O) groups excluding carboxylic acids is 2. The van der Waals surface area contributed by atoms with Crippen molar-refractivity contribution in [2.75, 3.05) is 26.3 Å². The minimum Gasteiger partial charge on any atom is -0.378 e. The Hall–Kier alpha value is -2.74. The highest BCUT2D eigenvalue weighted by molar-refractivity contribution is 5.92. The Balaban J connectivity index is 1.71. The Labute approximate surface area is 155 Å². The summed E-state index contributed by atoms with van der Waals surface area (Å²) in [6.07, 6.45) is 0.237. The number of carbonyl (C=O) groups is 2. The van der Waals surface area contributed by atoms with Crippen LogP contribution in [0.3, 0.4) is 0 Å². The van der Waals surface area contributed by atoms with Crippen LogP contribution >= 0.6 is 0 Å². The molecule has 7 nitrogen and oxygen atoms in total. The van der Waals surface area contributed by atoms with Gasteiger partial charge in [0.1, 0.15) is 5.82 Å². The SMILES string of the molecule is Cc1cc(C(=O)N2C[C@@H](c3ccccc3F)[C@@]3(COCCC(=O)N3)C2)on1. The summed E-state index contributed by atoms with van der Waals surface area (Å²) in [5.41, 5.74) is 0.164. The molecule has 0 radical (unpaired) electrons. The Bertz CT molecular complexity index is 883. The molecule has 0 saturated carbocycles. The van der Waals surface area contributed by atoms with E-state index in [4.69, 9.17) is 9.26 Å². The van der Waals surface area contributed by atoms with Crippen molar-refractivity contribution in [3.8, 4) is 0 Å². The standard InChI is InChI=1S/C19H20FN3O4/c1-12-8-16(27-22-12)18(25)23-9-14(13-4-2-3-5-15(13)20)19(10-23)11-26-7-6-17(24)21-19/h2-5,8,14H,6-7,9-11H2,1H3,(H,21,24)/t14-,19-/m0/s1. The molecule has 4 rings (SSSR count). The maximum atomic E-state index is 14.5. The zero-order valence-corrected chi connectivity index (χ0v) is 14.9. The fraction of sp³-hybridized carbons (Fsp3) is 0.421. The van der Waals surface area contributed by atoms with Crippen LogP contribution in [0.1, 0.15) is 34.2 Å². The van der Waals surface area contributed by atoms with Gasteiger partial charge in [0.05, 0.1) is 24.4 Å². The van der Waals surface area contributed by atoms with Crippen LogP contribution in [0, 0.1) is 12.7 Å². The fourth-order valence-electron chi connectivity index (χ4n) is 3.91.